The van der Waals surface area contributed by atoms with Crippen molar-refractivity contribution in [2.24, 2.45) is 5.92 Å². The summed E-state index contributed by atoms with van der Waals surface area (Å²) in [7, 11) is -5.05. The topological polar surface area (TPSA) is 360 Å². The van der Waals surface area contributed by atoms with Crippen LogP contribution in [0.3, 0.4) is 0 Å². The van der Waals surface area contributed by atoms with Gasteiger partial charge in [-0.25, -0.2) is 24.1 Å². The lowest BCUT2D eigenvalue weighted by Gasteiger charge is -2.35. The second-order valence-electron chi connectivity index (χ2n) is 15.0. The predicted octanol–water partition coefficient (Wildman–Crippen LogP) is 2.93. The fourth-order valence-electron chi connectivity index (χ4n) is 6.91. The van der Waals surface area contributed by atoms with Gasteiger partial charge in [0.25, 0.3) is 11.8 Å². The lowest BCUT2D eigenvalue weighted by Crippen LogP contribution is -2.44. The SMILES string of the molecule is O=C1C=CC2C(=C1)Oc1cc(O)ccc1C2c1ccc(C(=O)NCCCCCC(=O)NCc2ccc(C(=O)N[C@@H](COOOP(=O)(O)N[C@@H](CCC(=O)O)C(=O)O)C(=O)O)cc2)cc1C(=O)O. The number of carbonyl (C=O) groups excluding carboxylic acids is 4. The summed E-state index contributed by atoms with van der Waals surface area (Å²) in [5, 5.41) is 60.9. The third-order valence-electron chi connectivity index (χ3n) is 10.2. The van der Waals surface area contributed by atoms with Gasteiger partial charge in [0.15, 0.2) is 11.8 Å². The Morgan fingerprint density at radius 1 is 0.791 bits per heavy atom. The van der Waals surface area contributed by atoms with Crippen molar-refractivity contribution < 1.29 is 92.7 Å². The molecule has 0 radical (unpaired) electrons. The van der Waals surface area contributed by atoms with Gasteiger partial charge >= 0.3 is 31.6 Å². The van der Waals surface area contributed by atoms with E-state index in [1.54, 1.807) is 23.3 Å². The number of hydrogen-bond donors (Lipinski definition) is 10. The van der Waals surface area contributed by atoms with E-state index in [0.717, 1.165) is 0 Å². The van der Waals surface area contributed by atoms with Gasteiger partial charge in [-0.3, -0.25) is 28.8 Å². The molecule has 2 aliphatic rings. The molecule has 5 rings (SSSR count). The summed E-state index contributed by atoms with van der Waals surface area (Å²) in [6, 6.07) is 11.0. The van der Waals surface area contributed by atoms with E-state index in [1.807, 2.05) is 0 Å². The average Bonchev–Trinajstić information content (AvgIpc) is 3.27. The number of phenolic OH excluding ortho intramolecular Hbond substituents is 1. The number of hydrogen-bond acceptors (Lipinski definition) is 14. The van der Waals surface area contributed by atoms with Gasteiger partial charge in [-0.2, -0.15) is 0 Å². The molecule has 3 unspecified atom stereocenters. The van der Waals surface area contributed by atoms with Crippen molar-refractivity contribution in [3.05, 3.63) is 118 Å². The van der Waals surface area contributed by atoms with Gasteiger partial charge in [-0.15, -0.1) is 4.67 Å². The molecule has 5 atom stereocenters. The summed E-state index contributed by atoms with van der Waals surface area (Å²) in [5.74, 6) is -8.42. The van der Waals surface area contributed by atoms with Gasteiger partial charge in [-0.05, 0) is 66.8 Å². The Morgan fingerprint density at radius 3 is 2.18 bits per heavy atom. The maximum Gasteiger partial charge on any atom is 0.433 e. The molecular formula is C43H45N4O19P. The number of amides is 3. The highest BCUT2D eigenvalue weighted by molar-refractivity contribution is 7.50. The second kappa shape index (κ2) is 23.3. The Bertz CT molecular complexity index is 2510. The molecule has 1 aliphatic carbocycles. The fourth-order valence-corrected chi connectivity index (χ4v) is 7.72. The van der Waals surface area contributed by atoms with Crippen molar-refractivity contribution in [1.29, 1.82) is 0 Å². The Hall–Kier alpha value is -7.27. The van der Waals surface area contributed by atoms with Gasteiger partial charge in [0, 0.05) is 66.6 Å². The second-order valence-corrected chi connectivity index (χ2v) is 16.5. The first kappa shape index (κ1) is 50.7. The van der Waals surface area contributed by atoms with Crippen LogP contribution in [-0.4, -0.2) is 103 Å². The number of ether oxygens (including phenoxy) is 1. The van der Waals surface area contributed by atoms with E-state index in [1.165, 1.54) is 60.7 Å². The molecule has 10 N–H and O–H groups in total. The first-order chi connectivity index (χ1) is 31.8. The van der Waals surface area contributed by atoms with Crippen LogP contribution in [0.25, 0.3) is 0 Å². The lowest BCUT2D eigenvalue weighted by molar-refractivity contribution is -0.470. The van der Waals surface area contributed by atoms with E-state index in [4.69, 9.17) is 14.9 Å². The van der Waals surface area contributed by atoms with Crippen LogP contribution in [0.4, 0.5) is 0 Å². The molecule has 67 heavy (non-hydrogen) atoms. The summed E-state index contributed by atoms with van der Waals surface area (Å²) in [5.41, 5.74) is 1.60. The maximum absolute atomic E-state index is 13.1. The number of aromatic hydroxyl groups is 1. The minimum atomic E-state index is -5.05. The number of fused-ring (bicyclic) bond motifs is 2. The Kier molecular flexibility index (Phi) is 17.6. The van der Waals surface area contributed by atoms with Crippen molar-refractivity contribution >= 4 is 55.1 Å². The zero-order valence-corrected chi connectivity index (χ0v) is 36.0. The Morgan fingerprint density at radius 2 is 1.49 bits per heavy atom. The zero-order chi connectivity index (χ0) is 48.8. The molecule has 0 fully saturated rings. The van der Waals surface area contributed by atoms with E-state index in [2.05, 4.69) is 30.6 Å². The van der Waals surface area contributed by atoms with Crippen molar-refractivity contribution in [3.8, 4) is 11.5 Å². The molecule has 356 valence electrons. The van der Waals surface area contributed by atoms with Gasteiger partial charge in [-0.1, -0.05) is 41.8 Å². The minimum absolute atomic E-state index is 0.0199. The third kappa shape index (κ3) is 14.6. The normalized spacial score (nSPS) is 16.7. The number of carboxylic acid groups (broad SMARTS) is 4. The Labute approximate surface area is 379 Å². The molecule has 0 spiro atoms. The first-order valence-corrected chi connectivity index (χ1v) is 21.9. The van der Waals surface area contributed by atoms with E-state index in [0.29, 0.717) is 41.7 Å². The number of carboxylic acids is 4. The largest absolute Gasteiger partial charge is 0.508 e. The van der Waals surface area contributed by atoms with Crippen molar-refractivity contribution in [2.75, 3.05) is 13.2 Å². The number of unbranched alkanes of at least 4 members (excludes halogenated alkanes) is 2. The lowest BCUT2D eigenvalue weighted by atomic mass is 9.74. The van der Waals surface area contributed by atoms with E-state index < -0.39 is 86.8 Å². The highest BCUT2D eigenvalue weighted by Gasteiger charge is 2.39. The Balaban J connectivity index is 1.01. The van der Waals surface area contributed by atoms with Crippen LogP contribution < -0.4 is 25.8 Å². The average molecular weight is 953 g/mol. The number of allylic oxidation sites excluding steroid dienone is 3. The molecule has 24 heteroatoms. The molecular weight excluding hydrogens is 907 g/mol. The molecule has 1 aliphatic heterocycles. The van der Waals surface area contributed by atoms with Crippen molar-refractivity contribution in [1.82, 2.24) is 21.0 Å². The van der Waals surface area contributed by atoms with Crippen LogP contribution >= 0.6 is 7.75 Å². The van der Waals surface area contributed by atoms with Gasteiger partial charge in [0.05, 0.1) is 5.56 Å². The molecule has 3 amide bonds. The van der Waals surface area contributed by atoms with Gasteiger partial charge in [0.2, 0.25) is 5.91 Å². The van der Waals surface area contributed by atoms with Crippen molar-refractivity contribution in [3.63, 3.8) is 0 Å². The molecule has 3 aromatic rings. The van der Waals surface area contributed by atoms with Crippen LogP contribution in [-0.2, 0) is 49.7 Å². The summed E-state index contributed by atoms with van der Waals surface area (Å²) < 4.78 is 22.0. The number of aliphatic carboxylic acids is 3. The fraction of sp³-hybridized carbons (Fsp3) is 0.302. The van der Waals surface area contributed by atoms with Gasteiger partial charge in [0.1, 0.15) is 29.9 Å². The standard InChI is InChI=1S/C43H45N4O19P/c48-26-10-13-29-34(19-26)64-35-20-27(49)11-14-30(35)38(29)28-12-9-25(18-31(28)41(55)56)39(53)44-17-3-1-2-4-36(50)45-21-23-5-7-24(8-6-23)40(54)46-33(43(59)60)22-63-65-66-67(61,62)47-32(42(57)58)15-16-37(51)52/h5-14,18-20,29,32-33,38,49H,1-4,15-17,21-22H2,(H,44,53)(H,45,50)(H,46,54)(H,51,52)(H,55,56)(H,57,58)(H,59,60)(H2,47,61,62)/t29?,32-,33-,38?/m0/s1. The number of ketones is 1. The molecule has 23 nitrogen and oxygen atoms in total. The smallest absolute Gasteiger partial charge is 0.433 e. The maximum atomic E-state index is 13.1. The number of benzene rings is 3. The number of rotatable bonds is 25. The van der Waals surface area contributed by atoms with Crippen LogP contribution in [0.5, 0.6) is 11.5 Å². The van der Waals surface area contributed by atoms with Crippen LogP contribution in [0.1, 0.15) is 92.2 Å². The van der Waals surface area contributed by atoms with Crippen LogP contribution in [0, 0.1) is 5.92 Å². The summed E-state index contributed by atoms with van der Waals surface area (Å²) >= 11 is 0. The molecule has 3 aromatic carbocycles. The number of nitrogens with one attached hydrogen (secondary N) is 4. The monoisotopic (exact) mass is 952 g/mol. The number of aromatic carboxylic acids is 1. The highest BCUT2D eigenvalue weighted by Crippen LogP contribution is 2.49. The first-order valence-electron chi connectivity index (χ1n) is 20.3. The van der Waals surface area contributed by atoms with E-state index in [-0.39, 0.29) is 59.4 Å². The number of carbonyl (C=O) groups is 8. The highest BCUT2D eigenvalue weighted by atomic mass is 31.2. The summed E-state index contributed by atoms with van der Waals surface area (Å²) in [6.45, 7) is -0.594. The summed E-state index contributed by atoms with van der Waals surface area (Å²) in [6.07, 6.45) is 4.85. The molecule has 0 saturated carbocycles. The van der Waals surface area contributed by atoms with Crippen molar-refractivity contribution in [2.45, 2.75) is 63.1 Å². The van der Waals surface area contributed by atoms with Crippen LogP contribution in [0.15, 0.2) is 84.7 Å². The molecule has 0 bridgehead atoms. The van der Waals surface area contributed by atoms with Crippen LogP contribution in [0.2, 0.25) is 0 Å². The molecule has 1 heterocycles. The summed E-state index contributed by atoms with van der Waals surface area (Å²) in [4.78, 5) is 111. The zero-order valence-electron chi connectivity index (χ0n) is 35.1. The quantitative estimate of drug-likeness (QED) is 0.0252. The number of phenols is 1. The molecule has 0 aromatic heterocycles. The van der Waals surface area contributed by atoms with E-state index in [9.17, 15) is 63.1 Å². The van der Waals surface area contributed by atoms with E-state index >= 15 is 0 Å². The predicted molar refractivity (Wildman–Crippen MR) is 227 cm³/mol. The van der Waals surface area contributed by atoms with Gasteiger partial charge < -0.3 is 51.1 Å². The third-order valence-corrected chi connectivity index (χ3v) is 11.1. The molecule has 0 saturated heterocycles. The minimum Gasteiger partial charge on any atom is -0.508 e.